The summed E-state index contributed by atoms with van der Waals surface area (Å²) in [5.74, 6) is -0.425. The predicted molar refractivity (Wildman–Crippen MR) is 89.5 cm³/mol. The van der Waals surface area contributed by atoms with Crippen molar-refractivity contribution in [2.24, 2.45) is 5.16 Å². The predicted octanol–water partition coefficient (Wildman–Crippen LogP) is 3.51. The summed E-state index contributed by atoms with van der Waals surface area (Å²) in [5.41, 5.74) is 2.64. The van der Waals surface area contributed by atoms with Gasteiger partial charge in [0.05, 0.1) is 17.5 Å². The van der Waals surface area contributed by atoms with Crippen LogP contribution in [-0.2, 0) is 9.63 Å². The number of hydrogen-bond acceptors (Lipinski definition) is 4. The van der Waals surface area contributed by atoms with Gasteiger partial charge in [0.25, 0.3) is 5.91 Å². The topological polar surface area (TPSA) is 74.5 Å². The largest absolute Gasteiger partial charge is 0.386 e. The number of aryl methyl sites for hydroxylation is 1. The molecule has 0 saturated carbocycles. The van der Waals surface area contributed by atoms with Gasteiger partial charge >= 0.3 is 0 Å². The van der Waals surface area contributed by atoms with E-state index in [-0.39, 0.29) is 6.61 Å². The number of anilines is 1. The lowest BCUT2D eigenvalue weighted by Crippen LogP contribution is -2.17. The first-order valence-electron chi connectivity index (χ1n) is 6.80. The maximum Gasteiger partial charge on any atom is 0.265 e. The molecule has 0 saturated heterocycles. The molecule has 1 N–H and O–H groups in total. The third-order valence-corrected chi connectivity index (χ3v) is 3.26. The van der Waals surface area contributed by atoms with Gasteiger partial charge in [-0.2, -0.15) is 5.26 Å². The van der Waals surface area contributed by atoms with Crippen molar-refractivity contribution in [3.8, 4) is 6.07 Å². The highest BCUT2D eigenvalue weighted by molar-refractivity contribution is 6.31. The van der Waals surface area contributed by atoms with Crippen LogP contribution in [0.3, 0.4) is 0 Å². The average Bonchev–Trinajstić information content (AvgIpc) is 2.53. The van der Waals surface area contributed by atoms with E-state index in [4.69, 9.17) is 21.7 Å². The summed E-state index contributed by atoms with van der Waals surface area (Å²) in [6.45, 7) is 1.69. The molecule has 0 bridgehead atoms. The molecule has 0 fully saturated rings. The fourth-order valence-electron chi connectivity index (χ4n) is 1.83. The normalized spacial score (nSPS) is 10.3. The molecule has 0 unspecified atom stereocenters. The fourth-order valence-corrected chi connectivity index (χ4v) is 2.00. The minimum Gasteiger partial charge on any atom is -0.386 e. The van der Waals surface area contributed by atoms with Crippen molar-refractivity contribution < 1.29 is 9.63 Å². The van der Waals surface area contributed by atoms with Crippen LogP contribution in [0.2, 0.25) is 5.02 Å². The molecule has 0 aromatic heterocycles. The van der Waals surface area contributed by atoms with E-state index in [0.29, 0.717) is 16.3 Å². The monoisotopic (exact) mass is 327 g/mol. The van der Waals surface area contributed by atoms with Gasteiger partial charge in [0.15, 0.2) is 6.61 Å². The molecule has 2 aromatic rings. The molecule has 5 nitrogen and oxygen atoms in total. The highest BCUT2D eigenvalue weighted by atomic mass is 35.5. The molecule has 2 aromatic carbocycles. The molecular weight excluding hydrogens is 314 g/mol. The number of rotatable bonds is 5. The van der Waals surface area contributed by atoms with Crippen LogP contribution in [0.5, 0.6) is 0 Å². The molecule has 0 atom stereocenters. The van der Waals surface area contributed by atoms with Crippen LogP contribution in [0.1, 0.15) is 16.7 Å². The lowest BCUT2D eigenvalue weighted by Gasteiger charge is -2.06. The van der Waals surface area contributed by atoms with E-state index in [1.165, 1.54) is 12.1 Å². The molecule has 0 spiro atoms. The maximum atomic E-state index is 11.8. The second-order valence-electron chi connectivity index (χ2n) is 4.71. The highest BCUT2D eigenvalue weighted by Gasteiger charge is 2.08. The third-order valence-electron chi connectivity index (χ3n) is 3.03. The number of nitrogens with one attached hydrogen (secondary N) is 1. The van der Waals surface area contributed by atoms with Gasteiger partial charge in [-0.05, 0) is 36.2 Å². The number of nitriles is 1. The van der Waals surface area contributed by atoms with Crippen LogP contribution in [0.4, 0.5) is 5.69 Å². The zero-order valence-electron chi connectivity index (χ0n) is 12.4. The molecule has 23 heavy (non-hydrogen) atoms. The zero-order chi connectivity index (χ0) is 16.7. The molecule has 1 amide bonds. The molecule has 0 aliphatic heterocycles. The van der Waals surface area contributed by atoms with Crippen LogP contribution in [0.25, 0.3) is 0 Å². The van der Waals surface area contributed by atoms with Crippen molar-refractivity contribution in [1.29, 1.82) is 5.26 Å². The van der Waals surface area contributed by atoms with Gasteiger partial charge in [-0.1, -0.05) is 41.0 Å². The molecule has 0 aliphatic rings. The van der Waals surface area contributed by atoms with Gasteiger partial charge in [-0.25, -0.2) is 0 Å². The van der Waals surface area contributed by atoms with Gasteiger partial charge in [0, 0.05) is 5.02 Å². The molecular formula is C17H14ClN3O2. The zero-order valence-corrected chi connectivity index (χ0v) is 13.2. The first-order valence-corrected chi connectivity index (χ1v) is 7.18. The minimum atomic E-state index is -0.425. The van der Waals surface area contributed by atoms with Crippen LogP contribution in [0.15, 0.2) is 47.6 Å². The molecule has 2 rings (SSSR count). The number of benzene rings is 2. The second-order valence-corrected chi connectivity index (χ2v) is 5.15. The lowest BCUT2D eigenvalue weighted by atomic mass is 10.1. The average molecular weight is 328 g/mol. The number of carbonyl (C=O) groups excluding carboxylic acids is 1. The van der Waals surface area contributed by atoms with Crippen LogP contribution in [0, 0.1) is 18.3 Å². The van der Waals surface area contributed by atoms with Gasteiger partial charge < -0.3 is 10.2 Å². The molecule has 0 radical (unpaired) electrons. The van der Waals surface area contributed by atoms with Gasteiger partial charge in [0.2, 0.25) is 0 Å². The number of halogens is 1. The van der Waals surface area contributed by atoms with Crippen molar-refractivity contribution in [2.75, 3.05) is 11.9 Å². The standard InChI is InChI=1S/C17H14ClN3O2/c1-12-4-2-3-5-14(12)10-20-23-11-17(22)21-16-8-15(18)7-6-13(16)9-19/h2-8,10H,11H2,1H3,(H,21,22)/b20-10-. The van der Waals surface area contributed by atoms with E-state index in [1.54, 1.807) is 12.3 Å². The maximum absolute atomic E-state index is 11.8. The van der Waals surface area contributed by atoms with Crippen LogP contribution in [-0.4, -0.2) is 18.7 Å². The Bertz CT molecular complexity index is 782. The van der Waals surface area contributed by atoms with E-state index in [1.807, 2.05) is 37.3 Å². The summed E-state index contributed by atoms with van der Waals surface area (Å²) >= 11 is 5.85. The van der Waals surface area contributed by atoms with Crippen molar-refractivity contribution >= 4 is 29.4 Å². The van der Waals surface area contributed by atoms with Gasteiger partial charge in [-0.3, -0.25) is 4.79 Å². The summed E-state index contributed by atoms with van der Waals surface area (Å²) in [6.07, 6.45) is 1.54. The van der Waals surface area contributed by atoms with E-state index in [9.17, 15) is 4.79 Å². The molecule has 116 valence electrons. The molecule has 6 heteroatoms. The van der Waals surface area contributed by atoms with Crippen molar-refractivity contribution in [2.45, 2.75) is 6.92 Å². The van der Waals surface area contributed by atoms with Gasteiger partial charge in [0.1, 0.15) is 6.07 Å². The van der Waals surface area contributed by atoms with Crippen molar-refractivity contribution in [3.63, 3.8) is 0 Å². The Balaban J connectivity index is 1.90. The Morgan fingerprint density at radius 2 is 2.17 bits per heavy atom. The van der Waals surface area contributed by atoms with E-state index in [2.05, 4.69) is 10.5 Å². The highest BCUT2D eigenvalue weighted by Crippen LogP contribution is 2.20. The third kappa shape index (κ3) is 4.83. The van der Waals surface area contributed by atoms with E-state index < -0.39 is 5.91 Å². The second kappa shape index (κ2) is 7.97. The Labute approximate surface area is 139 Å². The minimum absolute atomic E-state index is 0.264. The molecule has 0 heterocycles. The quantitative estimate of drug-likeness (QED) is 0.674. The summed E-state index contributed by atoms with van der Waals surface area (Å²) in [5, 5.41) is 15.8. The summed E-state index contributed by atoms with van der Waals surface area (Å²) < 4.78 is 0. The van der Waals surface area contributed by atoms with Crippen LogP contribution >= 0.6 is 11.6 Å². The molecule has 0 aliphatic carbocycles. The lowest BCUT2D eigenvalue weighted by molar-refractivity contribution is -0.120. The van der Waals surface area contributed by atoms with Crippen LogP contribution < -0.4 is 5.32 Å². The summed E-state index contributed by atoms with van der Waals surface area (Å²) in [4.78, 5) is 16.8. The first kappa shape index (κ1) is 16.5. The summed E-state index contributed by atoms with van der Waals surface area (Å²) in [6, 6.07) is 14.3. The fraction of sp³-hybridized carbons (Fsp3) is 0.118. The number of carbonyl (C=O) groups is 1. The number of hydrogen-bond donors (Lipinski definition) is 1. The number of amides is 1. The number of nitrogens with zero attached hydrogens (tertiary/aromatic N) is 2. The summed E-state index contributed by atoms with van der Waals surface area (Å²) in [7, 11) is 0. The number of oxime groups is 1. The Hall–Kier alpha value is -2.84. The van der Waals surface area contributed by atoms with E-state index in [0.717, 1.165) is 11.1 Å². The van der Waals surface area contributed by atoms with Crippen molar-refractivity contribution in [1.82, 2.24) is 0 Å². The SMILES string of the molecule is Cc1ccccc1/C=N\OCC(=O)Nc1cc(Cl)ccc1C#N. The van der Waals surface area contributed by atoms with Crippen molar-refractivity contribution in [3.05, 3.63) is 64.2 Å². The Morgan fingerprint density at radius 3 is 2.91 bits per heavy atom. The van der Waals surface area contributed by atoms with E-state index >= 15 is 0 Å². The Kier molecular flexibility index (Phi) is 5.73. The van der Waals surface area contributed by atoms with Gasteiger partial charge in [-0.15, -0.1) is 0 Å². The Morgan fingerprint density at radius 1 is 1.39 bits per heavy atom. The smallest absolute Gasteiger partial charge is 0.265 e. The first-order chi connectivity index (χ1) is 11.1.